The highest BCUT2D eigenvalue weighted by molar-refractivity contribution is 6.01. The lowest BCUT2D eigenvalue weighted by Gasteiger charge is -2.38. The van der Waals surface area contributed by atoms with E-state index in [0.717, 1.165) is 54.7 Å². The van der Waals surface area contributed by atoms with Gasteiger partial charge in [0.05, 0.1) is 24.0 Å². The van der Waals surface area contributed by atoms with E-state index >= 15 is 0 Å². The van der Waals surface area contributed by atoms with Gasteiger partial charge in [-0.3, -0.25) is 9.59 Å². The number of benzene rings is 2. The summed E-state index contributed by atoms with van der Waals surface area (Å²) in [6, 6.07) is 13.9. The smallest absolute Gasteiger partial charge is 0.239 e. The second-order valence-corrected chi connectivity index (χ2v) is 10.6. The summed E-state index contributed by atoms with van der Waals surface area (Å²) in [6.45, 7) is 4.32. The Kier molecular flexibility index (Phi) is 5.92. The van der Waals surface area contributed by atoms with Crippen LogP contribution >= 0.6 is 0 Å². The normalized spacial score (nSPS) is 22.0. The lowest BCUT2D eigenvalue weighted by atomic mass is 9.73. The quantitative estimate of drug-likeness (QED) is 0.631. The van der Waals surface area contributed by atoms with E-state index in [1.54, 1.807) is 12.1 Å². The molecule has 0 aromatic heterocycles. The van der Waals surface area contributed by atoms with Gasteiger partial charge in [-0.05, 0) is 54.5 Å². The molecule has 0 unspecified atom stereocenters. The number of fused-ring (bicyclic) bond motifs is 1. The van der Waals surface area contributed by atoms with Crippen molar-refractivity contribution in [2.45, 2.75) is 64.5 Å². The van der Waals surface area contributed by atoms with E-state index < -0.39 is 6.04 Å². The zero-order valence-corrected chi connectivity index (χ0v) is 19.9. The second-order valence-electron chi connectivity index (χ2n) is 10.6. The summed E-state index contributed by atoms with van der Waals surface area (Å²) < 4.78 is 13.9. The van der Waals surface area contributed by atoms with Gasteiger partial charge in [0.1, 0.15) is 5.82 Å². The minimum absolute atomic E-state index is 0.0542. The third kappa shape index (κ3) is 4.46. The lowest BCUT2D eigenvalue weighted by molar-refractivity contribution is -0.121. The second kappa shape index (κ2) is 8.90. The number of para-hydroxylation sites is 2. The average Bonchev–Trinajstić information content (AvgIpc) is 3.24. The van der Waals surface area contributed by atoms with E-state index in [9.17, 15) is 14.0 Å². The lowest BCUT2D eigenvalue weighted by Crippen LogP contribution is -2.44. The Labute approximate surface area is 200 Å². The number of amides is 1. The number of nitrogens with zero attached hydrogens (tertiary/aromatic N) is 1. The monoisotopic (exact) mass is 461 g/mol. The van der Waals surface area contributed by atoms with Gasteiger partial charge in [0.2, 0.25) is 5.91 Å². The van der Waals surface area contributed by atoms with Gasteiger partial charge in [-0.2, -0.15) is 0 Å². The zero-order chi connectivity index (χ0) is 23.9. The Morgan fingerprint density at radius 1 is 1.09 bits per heavy atom. The molecule has 2 aliphatic carbocycles. The Hall–Kier alpha value is -3.15. The highest BCUT2D eigenvalue weighted by Gasteiger charge is 2.42. The van der Waals surface area contributed by atoms with Crippen molar-refractivity contribution in [2.24, 2.45) is 5.41 Å². The summed E-state index contributed by atoms with van der Waals surface area (Å²) in [5, 5.41) is 6.74. The van der Waals surface area contributed by atoms with Crippen LogP contribution in [0.5, 0.6) is 0 Å². The number of hydrogen-bond donors (Lipinski definition) is 2. The third-order valence-electron chi connectivity index (χ3n) is 7.22. The van der Waals surface area contributed by atoms with Gasteiger partial charge in [-0.15, -0.1) is 0 Å². The molecular weight excluding hydrogens is 429 g/mol. The highest BCUT2D eigenvalue weighted by Crippen LogP contribution is 2.48. The Bertz CT molecular complexity index is 1130. The van der Waals surface area contributed by atoms with Gasteiger partial charge in [0.15, 0.2) is 5.78 Å². The van der Waals surface area contributed by atoms with Crippen molar-refractivity contribution < 1.29 is 14.0 Å². The van der Waals surface area contributed by atoms with Crippen molar-refractivity contribution in [2.75, 3.05) is 16.8 Å². The minimum atomic E-state index is -0.482. The number of carbonyl (C=O) groups excluding carboxylic acids is 2. The number of halogens is 1. The van der Waals surface area contributed by atoms with Crippen LogP contribution in [0.4, 0.5) is 15.8 Å². The van der Waals surface area contributed by atoms with Crippen molar-refractivity contribution in [3.8, 4) is 0 Å². The molecule has 1 fully saturated rings. The van der Waals surface area contributed by atoms with Crippen LogP contribution in [-0.4, -0.2) is 24.3 Å². The van der Waals surface area contributed by atoms with E-state index in [0.29, 0.717) is 12.0 Å². The fraction of sp³-hybridized carbons (Fsp3) is 0.429. The van der Waals surface area contributed by atoms with Crippen LogP contribution in [0.15, 0.2) is 59.8 Å². The summed E-state index contributed by atoms with van der Waals surface area (Å²) in [7, 11) is 0. The van der Waals surface area contributed by atoms with Crippen molar-refractivity contribution in [1.82, 2.24) is 5.32 Å². The van der Waals surface area contributed by atoms with Crippen molar-refractivity contribution in [3.05, 3.63) is 71.2 Å². The fourth-order valence-corrected chi connectivity index (χ4v) is 5.72. The largest absolute Gasteiger partial charge is 0.357 e. The maximum atomic E-state index is 13.9. The number of hydrogen-bond acceptors (Lipinski definition) is 4. The number of ketones is 1. The van der Waals surface area contributed by atoms with E-state index in [1.807, 2.05) is 29.2 Å². The molecule has 178 valence electrons. The van der Waals surface area contributed by atoms with Crippen molar-refractivity contribution in [1.29, 1.82) is 0 Å². The average molecular weight is 462 g/mol. The summed E-state index contributed by atoms with van der Waals surface area (Å²) in [6.07, 6.45) is 5.45. The molecule has 3 aliphatic rings. The van der Waals surface area contributed by atoms with Gasteiger partial charge >= 0.3 is 0 Å². The van der Waals surface area contributed by atoms with Gasteiger partial charge in [0, 0.05) is 23.7 Å². The molecule has 1 atom stereocenters. The van der Waals surface area contributed by atoms with Crippen LogP contribution in [-0.2, 0) is 9.59 Å². The molecule has 1 amide bonds. The first-order chi connectivity index (χ1) is 16.3. The molecule has 0 spiro atoms. The molecule has 1 saturated carbocycles. The Morgan fingerprint density at radius 3 is 2.53 bits per heavy atom. The molecular formula is C28H32FN3O2. The number of allylic oxidation sites excluding steroid dienone is 1. The summed E-state index contributed by atoms with van der Waals surface area (Å²) in [4.78, 5) is 28.9. The van der Waals surface area contributed by atoms with Crippen LogP contribution in [0.1, 0.15) is 64.0 Å². The van der Waals surface area contributed by atoms with Crippen LogP contribution in [0.25, 0.3) is 0 Å². The van der Waals surface area contributed by atoms with Crippen molar-refractivity contribution >= 4 is 23.1 Å². The number of Topliss-reactive ketones (excluding diaryl/α,β-unsaturated/α-hetero) is 1. The standard InChI is InChI=1S/C28H32FN3O2/c1-28(2)15-22-26(24(33)16-28)27(18-11-13-19(29)14-12-18)32(23-10-6-5-9-21(23)31-22)17-25(34)30-20-7-3-4-8-20/h5-6,9-14,20,27,31H,3-4,7-8,15-17H2,1-2H3,(H,30,34)/t27-/m1/s1. The van der Waals surface area contributed by atoms with Crippen LogP contribution in [0.2, 0.25) is 0 Å². The van der Waals surface area contributed by atoms with Crippen LogP contribution in [0, 0.1) is 11.2 Å². The molecule has 1 aliphatic heterocycles. The molecule has 0 bridgehead atoms. The number of nitrogens with one attached hydrogen (secondary N) is 2. The Balaban J connectivity index is 1.62. The number of anilines is 2. The molecule has 2 N–H and O–H groups in total. The van der Waals surface area contributed by atoms with Gasteiger partial charge in [-0.25, -0.2) is 4.39 Å². The molecule has 34 heavy (non-hydrogen) atoms. The predicted octanol–water partition coefficient (Wildman–Crippen LogP) is 5.50. The summed E-state index contributed by atoms with van der Waals surface area (Å²) in [5.74, 6) is -0.310. The first kappa shape index (κ1) is 22.6. The highest BCUT2D eigenvalue weighted by atomic mass is 19.1. The maximum Gasteiger partial charge on any atom is 0.239 e. The summed E-state index contributed by atoms with van der Waals surface area (Å²) in [5.41, 5.74) is 3.93. The zero-order valence-electron chi connectivity index (χ0n) is 19.9. The van der Waals surface area contributed by atoms with Crippen LogP contribution < -0.4 is 15.5 Å². The SMILES string of the molecule is CC1(C)CC(=O)C2=C(C1)Nc1ccccc1N(CC(=O)NC1CCCC1)[C@@H]2c1ccc(F)cc1. The maximum absolute atomic E-state index is 13.9. The topological polar surface area (TPSA) is 61.4 Å². The number of rotatable bonds is 4. The fourth-order valence-electron chi connectivity index (χ4n) is 5.72. The van der Waals surface area contributed by atoms with Gasteiger partial charge < -0.3 is 15.5 Å². The molecule has 0 saturated heterocycles. The Morgan fingerprint density at radius 2 is 1.79 bits per heavy atom. The van der Waals surface area contributed by atoms with Crippen molar-refractivity contribution in [3.63, 3.8) is 0 Å². The molecule has 6 heteroatoms. The first-order valence-corrected chi connectivity index (χ1v) is 12.2. The van der Waals surface area contributed by atoms with Gasteiger partial charge in [-0.1, -0.05) is 51.0 Å². The number of carbonyl (C=O) groups is 2. The first-order valence-electron chi connectivity index (χ1n) is 12.2. The molecule has 1 heterocycles. The predicted molar refractivity (Wildman–Crippen MR) is 132 cm³/mol. The van der Waals surface area contributed by atoms with E-state index in [1.165, 1.54) is 12.1 Å². The van der Waals surface area contributed by atoms with Crippen LogP contribution in [0.3, 0.4) is 0 Å². The van der Waals surface area contributed by atoms with E-state index in [-0.39, 0.29) is 35.5 Å². The molecule has 0 radical (unpaired) electrons. The minimum Gasteiger partial charge on any atom is -0.357 e. The van der Waals surface area contributed by atoms with Gasteiger partial charge in [0.25, 0.3) is 0 Å². The molecule has 2 aromatic carbocycles. The molecule has 5 nitrogen and oxygen atoms in total. The third-order valence-corrected chi connectivity index (χ3v) is 7.22. The van der Waals surface area contributed by atoms with E-state index in [4.69, 9.17) is 0 Å². The van der Waals surface area contributed by atoms with E-state index in [2.05, 4.69) is 24.5 Å². The summed E-state index contributed by atoms with van der Waals surface area (Å²) >= 11 is 0. The molecule has 5 rings (SSSR count). The molecule has 2 aromatic rings.